The van der Waals surface area contributed by atoms with Gasteiger partial charge in [-0.15, -0.1) is 0 Å². The number of nitriles is 1. The third-order valence-corrected chi connectivity index (χ3v) is 6.64. The van der Waals surface area contributed by atoms with Crippen LogP contribution in [-0.4, -0.2) is 30.8 Å². The molecule has 0 aromatic heterocycles. The van der Waals surface area contributed by atoms with E-state index >= 15 is 0 Å². The molecular weight excluding hydrogens is 216 g/mol. The number of methoxy groups -OCH3 is 1. The molecule has 8 unspecified atom stereocenters. The maximum absolute atomic E-state index is 9.70. The topological polar surface area (TPSA) is 54.6 Å². The Labute approximate surface area is 99.6 Å². The van der Waals surface area contributed by atoms with Gasteiger partial charge in [0.1, 0.15) is 0 Å². The van der Waals surface area contributed by atoms with E-state index in [1.807, 2.05) is 0 Å². The molecule has 0 N–H and O–H groups in total. The van der Waals surface area contributed by atoms with Crippen LogP contribution in [0.5, 0.6) is 0 Å². The van der Waals surface area contributed by atoms with Gasteiger partial charge in [0.2, 0.25) is 5.90 Å². The summed E-state index contributed by atoms with van der Waals surface area (Å²) in [5.41, 5.74) is -0.683. The number of fused-ring (bicyclic) bond motifs is 2. The van der Waals surface area contributed by atoms with E-state index in [9.17, 15) is 5.26 Å². The van der Waals surface area contributed by atoms with Gasteiger partial charge in [-0.1, -0.05) is 6.92 Å². The van der Waals surface area contributed by atoms with E-state index in [1.54, 1.807) is 7.11 Å². The Morgan fingerprint density at radius 3 is 2.82 bits per heavy atom. The van der Waals surface area contributed by atoms with Gasteiger partial charge >= 0.3 is 0 Å². The molecule has 4 heteroatoms. The molecular formula is C13H14N2O2. The SMILES string of the molecule is COC1=NC2(C)C3OC4C5C3C2C5(C)C14C#N. The summed E-state index contributed by atoms with van der Waals surface area (Å²) < 4.78 is 11.6. The molecule has 5 rings (SSSR count). The first-order chi connectivity index (χ1) is 8.07. The highest BCUT2D eigenvalue weighted by Crippen LogP contribution is 2.90. The second-order valence-corrected chi connectivity index (χ2v) is 6.61. The molecule has 88 valence electrons. The van der Waals surface area contributed by atoms with Crippen LogP contribution < -0.4 is 0 Å². The van der Waals surface area contributed by atoms with Crippen molar-refractivity contribution < 1.29 is 9.47 Å². The molecule has 3 saturated carbocycles. The molecule has 4 fully saturated rings. The van der Waals surface area contributed by atoms with Crippen molar-refractivity contribution in [2.75, 3.05) is 7.11 Å². The molecule has 2 heterocycles. The number of hydrogen-bond acceptors (Lipinski definition) is 4. The number of nitrogens with zero attached hydrogens (tertiary/aromatic N) is 2. The van der Waals surface area contributed by atoms with Crippen LogP contribution in [0.4, 0.5) is 0 Å². The van der Waals surface area contributed by atoms with Gasteiger partial charge in [-0.2, -0.15) is 5.26 Å². The second-order valence-electron chi connectivity index (χ2n) is 6.61. The van der Waals surface area contributed by atoms with Crippen molar-refractivity contribution in [1.29, 1.82) is 5.26 Å². The maximum atomic E-state index is 9.70. The van der Waals surface area contributed by atoms with Gasteiger partial charge in [-0.3, -0.25) is 0 Å². The van der Waals surface area contributed by atoms with Crippen LogP contribution in [0, 0.1) is 39.9 Å². The van der Waals surface area contributed by atoms with Crippen LogP contribution in [0.1, 0.15) is 13.8 Å². The second kappa shape index (κ2) is 1.91. The Morgan fingerprint density at radius 2 is 2.18 bits per heavy atom. The number of rotatable bonds is 0. The Bertz CT molecular complexity index is 552. The van der Waals surface area contributed by atoms with Gasteiger partial charge < -0.3 is 9.47 Å². The van der Waals surface area contributed by atoms with Gasteiger partial charge in [0.15, 0.2) is 5.41 Å². The largest absolute Gasteiger partial charge is 0.483 e. The molecule has 0 spiro atoms. The molecule has 2 aliphatic heterocycles. The highest BCUT2D eigenvalue weighted by Gasteiger charge is 2.98. The molecule has 3 aliphatic carbocycles. The van der Waals surface area contributed by atoms with E-state index in [1.165, 1.54) is 0 Å². The van der Waals surface area contributed by atoms with Crippen molar-refractivity contribution >= 4 is 5.90 Å². The monoisotopic (exact) mass is 230 g/mol. The van der Waals surface area contributed by atoms with Gasteiger partial charge in [0.25, 0.3) is 0 Å². The lowest BCUT2D eigenvalue weighted by Crippen LogP contribution is -2.89. The van der Waals surface area contributed by atoms with Crippen molar-refractivity contribution in [2.24, 2.45) is 33.6 Å². The van der Waals surface area contributed by atoms with E-state index in [2.05, 4.69) is 19.9 Å². The van der Waals surface area contributed by atoms with E-state index in [4.69, 9.17) is 14.5 Å². The Morgan fingerprint density at radius 1 is 1.41 bits per heavy atom. The van der Waals surface area contributed by atoms with Gasteiger partial charge in [-0.05, 0) is 12.8 Å². The average Bonchev–Trinajstić information content (AvgIpc) is 2.36. The molecule has 5 aliphatic rings. The van der Waals surface area contributed by atoms with Crippen LogP contribution in [0.25, 0.3) is 0 Å². The molecule has 0 aromatic carbocycles. The van der Waals surface area contributed by atoms with Crippen molar-refractivity contribution in [3.8, 4) is 6.07 Å². The van der Waals surface area contributed by atoms with Crippen LogP contribution in [-0.2, 0) is 9.47 Å². The Hall–Kier alpha value is -1.08. The lowest BCUT2D eigenvalue weighted by Gasteiger charge is -2.81. The average molecular weight is 230 g/mol. The molecule has 0 amide bonds. The minimum Gasteiger partial charge on any atom is -0.483 e. The molecule has 17 heavy (non-hydrogen) atoms. The third-order valence-electron chi connectivity index (χ3n) is 6.64. The summed E-state index contributed by atoms with van der Waals surface area (Å²) in [6, 6.07) is 2.50. The van der Waals surface area contributed by atoms with Crippen molar-refractivity contribution in [3.05, 3.63) is 0 Å². The molecule has 8 atom stereocenters. The van der Waals surface area contributed by atoms with Gasteiger partial charge in [0.05, 0.1) is 30.9 Å². The first kappa shape index (κ1) is 8.93. The predicted octanol–water partition coefficient (Wildman–Crippen LogP) is 0.977. The quantitative estimate of drug-likeness (QED) is 0.623. The number of ether oxygens (including phenoxy) is 2. The molecule has 0 radical (unpaired) electrons. The zero-order chi connectivity index (χ0) is 11.8. The standard InChI is InChI=1S/C13H14N2O2/c1-11-6-5-7(11)12(2)8(5)17-9(6)13(11,4-14)10(15-12)16-3/h5-9H,1-3H3. The minimum absolute atomic E-state index is 0.0341. The Balaban J connectivity index is 1.86. The predicted molar refractivity (Wildman–Crippen MR) is 58.1 cm³/mol. The normalized spacial score (nSPS) is 71.4. The maximum Gasteiger partial charge on any atom is 0.208 e. The van der Waals surface area contributed by atoms with Gasteiger partial charge in [-0.25, -0.2) is 4.99 Å². The first-order valence-electron chi connectivity index (χ1n) is 6.28. The van der Waals surface area contributed by atoms with Crippen LogP contribution in [0.15, 0.2) is 4.99 Å². The van der Waals surface area contributed by atoms with Crippen molar-refractivity contribution in [3.63, 3.8) is 0 Å². The fourth-order valence-electron chi connectivity index (χ4n) is 6.21. The lowest BCUT2D eigenvalue weighted by molar-refractivity contribution is -0.306. The van der Waals surface area contributed by atoms with Crippen molar-refractivity contribution in [1.82, 2.24) is 0 Å². The summed E-state index contributed by atoms with van der Waals surface area (Å²) in [6.07, 6.45) is 0.269. The summed E-state index contributed by atoms with van der Waals surface area (Å²) in [7, 11) is 1.63. The fraction of sp³-hybridized carbons (Fsp3) is 0.846. The molecule has 4 nitrogen and oxygen atoms in total. The highest BCUT2D eigenvalue weighted by atomic mass is 16.5. The number of hydrogen-bond donors (Lipinski definition) is 0. The summed E-state index contributed by atoms with van der Waals surface area (Å²) in [5, 5.41) is 9.70. The van der Waals surface area contributed by atoms with E-state index in [-0.39, 0.29) is 23.2 Å². The van der Waals surface area contributed by atoms with Crippen LogP contribution in [0.3, 0.4) is 0 Å². The van der Waals surface area contributed by atoms with E-state index in [0.29, 0.717) is 23.7 Å². The van der Waals surface area contributed by atoms with Crippen molar-refractivity contribution in [2.45, 2.75) is 31.6 Å². The summed E-state index contributed by atoms with van der Waals surface area (Å²) in [5.74, 6) is 2.40. The summed E-state index contributed by atoms with van der Waals surface area (Å²) >= 11 is 0. The van der Waals surface area contributed by atoms with Crippen LogP contribution in [0.2, 0.25) is 0 Å². The summed E-state index contributed by atoms with van der Waals surface area (Å²) in [6.45, 7) is 4.41. The minimum atomic E-state index is -0.599. The number of aliphatic imine (C=N–C) groups is 1. The van der Waals surface area contributed by atoms with Gasteiger partial charge in [0, 0.05) is 17.3 Å². The lowest BCUT2D eigenvalue weighted by atomic mass is 9.20. The molecule has 0 bridgehead atoms. The fourth-order valence-corrected chi connectivity index (χ4v) is 6.21. The Kier molecular flexibility index (Phi) is 1.00. The van der Waals surface area contributed by atoms with E-state index in [0.717, 1.165) is 0 Å². The highest BCUT2D eigenvalue weighted by molar-refractivity contribution is 5.93. The third kappa shape index (κ3) is 0.456. The summed E-state index contributed by atoms with van der Waals surface area (Å²) in [4.78, 5) is 4.76. The molecule has 1 saturated heterocycles. The zero-order valence-corrected chi connectivity index (χ0v) is 10.1. The van der Waals surface area contributed by atoms with Crippen LogP contribution >= 0.6 is 0 Å². The smallest absolute Gasteiger partial charge is 0.208 e. The zero-order valence-electron chi connectivity index (χ0n) is 10.1. The molecule has 0 aromatic rings. The first-order valence-corrected chi connectivity index (χ1v) is 6.28. The van der Waals surface area contributed by atoms with E-state index < -0.39 is 5.41 Å².